The normalized spacial score (nSPS) is 10.6. The Balaban J connectivity index is 2.33. The minimum Gasteiger partial charge on any atom is -0.331 e. The van der Waals surface area contributed by atoms with Crippen LogP contribution in [0.3, 0.4) is 0 Å². The first-order valence-corrected chi connectivity index (χ1v) is 5.59. The summed E-state index contributed by atoms with van der Waals surface area (Å²) in [5, 5.41) is 0. The Morgan fingerprint density at radius 1 is 1.31 bits per heavy atom. The maximum absolute atomic E-state index is 5.53. The van der Waals surface area contributed by atoms with Gasteiger partial charge in [0.15, 0.2) is 0 Å². The van der Waals surface area contributed by atoms with Crippen molar-refractivity contribution in [3.8, 4) is 11.3 Å². The summed E-state index contributed by atoms with van der Waals surface area (Å²) < 4.78 is 2.16. The van der Waals surface area contributed by atoms with Gasteiger partial charge in [0.1, 0.15) is 0 Å². The Bertz CT molecular complexity index is 460. The van der Waals surface area contributed by atoms with Crippen LogP contribution >= 0.6 is 0 Å². The molecule has 0 saturated carbocycles. The molecule has 1 aromatic carbocycles. The smallest absolute Gasteiger partial charge is 0.0950 e. The average molecular weight is 215 g/mol. The Labute approximate surface area is 95.9 Å². The quantitative estimate of drug-likeness (QED) is 0.849. The molecule has 16 heavy (non-hydrogen) atoms. The van der Waals surface area contributed by atoms with E-state index in [1.54, 1.807) is 0 Å². The van der Waals surface area contributed by atoms with E-state index in [9.17, 15) is 0 Å². The molecule has 0 bridgehead atoms. The number of hydrogen-bond donors (Lipinski definition) is 1. The van der Waals surface area contributed by atoms with E-state index in [2.05, 4.69) is 40.7 Å². The maximum Gasteiger partial charge on any atom is 0.0950 e. The van der Waals surface area contributed by atoms with Crippen molar-refractivity contribution in [2.75, 3.05) is 6.54 Å². The molecule has 0 radical (unpaired) electrons. The highest BCUT2D eigenvalue weighted by Gasteiger charge is 2.06. The average Bonchev–Trinajstić information content (AvgIpc) is 2.75. The van der Waals surface area contributed by atoms with Gasteiger partial charge in [-0.25, -0.2) is 4.98 Å². The first kappa shape index (κ1) is 10.9. The highest BCUT2D eigenvalue weighted by atomic mass is 15.0. The van der Waals surface area contributed by atoms with Crippen molar-refractivity contribution in [3.63, 3.8) is 0 Å². The fraction of sp³-hybridized carbons (Fsp3) is 0.308. The molecule has 0 aliphatic heterocycles. The molecular weight excluding hydrogens is 198 g/mol. The van der Waals surface area contributed by atoms with Gasteiger partial charge in [0.2, 0.25) is 0 Å². The number of aromatic nitrogens is 2. The predicted molar refractivity (Wildman–Crippen MR) is 66.1 cm³/mol. The number of nitrogens with two attached hydrogens (primary N) is 1. The van der Waals surface area contributed by atoms with E-state index in [0.29, 0.717) is 6.54 Å². The van der Waals surface area contributed by atoms with Crippen LogP contribution in [0.15, 0.2) is 36.8 Å². The zero-order valence-electron chi connectivity index (χ0n) is 9.56. The van der Waals surface area contributed by atoms with Crippen molar-refractivity contribution >= 4 is 0 Å². The van der Waals surface area contributed by atoms with Gasteiger partial charge in [0, 0.05) is 12.1 Å². The van der Waals surface area contributed by atoms with Crippen LogP contribution in [0.5, 0.6) is 0 Å². The molecule has 2 rings (SSSR count). The number of imidazole rings is 1. The molecule has 3 nitrogen and oxygen atoms in total. The molecule has 84 valence electrons. The van der Waals surface area contributed by atoms with Gasteiger partial charge in [-0.3, -0.25) is 0 Å². The molecule has 0 fully saturated rings. The van der Waals surface area contributed by atoms with Crippen LogP contribution in [0, 0.1) is 6.92 Å². The summed E-state index contributed by atoms with van der Waals surface area (Å²) in [6.07, 6.45) is 4.77. The van der Waals surface area contributed by atoms with Crippen molar-refractivity contribution in [1.82, 2.24) is 9.55 Å². The first-order valence-electron chi connectivity index (χ1n) is 5.59. The predicted octanol–water partition coefficient (Wildman–Crippen LogP) is 2.21. The van der Waals surface area contributed by atoms with Crippen LogP contribution in [0.4, 0.5) is 0 Å². The lowest BCUT2D eigenvalue weighted by atomic mass is 10.1. The molecule has 0 atom stereocenters. The van der Waals surface area contributed by atoms with Crippen molar-refractivity contribution < 1.29 is 0 Å². The molecule has 0 saturated heterocycles. The Hall–Kier alpha value is -1.61. The van der Waals surface area contributed by atoms with Crippen molar-refractivity contribution in [2.45, 2.75) is 19.9 Å². The molecule has 0 aliphatic carbocycles. The molecule has 2 aromatic rings. The minimum absolute atomic E-state index is 0.714. The van der Waals surface area contributed by atoms with E-state index in [1.807, 2.05) is 12.5 Å². The zero-order chi connectivity index (χ0) is 11.4. The molecule has 0 spiro atoms. The van der Waals surface area contributed by atoms with Crippen LogP contribution in [-0.2, 0) is 6.54 Å². The highest BCUT2D eigenvalue weighted by Crippen LogP contribution is 2.22. The summed E-state index contributed by atoms with van der Waals surface area (Å²) >= 11 is 0. The third kappa shape index (κ3) is 2.14. The number of rotatable bonds is 4. The van der Waals surface area contributed by atoms with E-state index in [1.165, 1.54) is 16.8 Å². The minimum atomic E-state index is 0.714. The lowest BCUT2D eigenvalue weighted by molar-refractivity contribution is 0.655. The van der Waals surface area contributed by atoms with Crippen molar-refractivity contribution in [1.29, 1.82) is 0 Å². The van der Waals surface area contributed by atoms with Gasteiger partial charge in [0.25, 0.3) is 0 Å². The summed E-state index contributed by atoms with van der Waals surface area (Å²) in [7, 11) is 0. The summed E-state index contributed by atoms with van der Waals surface area (Å²) in [4.78, 5) is 4.21. The Morgan fingerprint density at radius 3 is 2.88 bits per heavy atom. The van der Waals surface area contributed by atoms with E-state index >= 15 is 0 Å². The van der Waals surface area contributed by atoms with Gasteiger partial charge in [-0.2, -0.15) is 0 Å². The standard InChI is InChI=1S/C13H17N3/c1-11-5-2-3-6-12(11)13-9-15-10-16(13)8-4-7-14/h2-3,5-6,9-10H,4,7-8,14H2,1H3. The lowest BCUT2D eigenvalue weighted by Crippen LogP contribution is -2.06. The molecule has 3 heteroatoms. The number of hydrogen-bond acceptors (Lipinski definition) is 2. The van der Waals surface area contributed by atoms with Crippen LogP contribution < -0.4 is 5.73 Å². The fourth-order valence-corrected chi connectivity index (χ4v) is 1.85. The molecule has 0 aliphatic rings. The van der Waals surface area contributed by atoms with Gasteiger partial charge < -0.3 is 10.3 Å². The second-order valence-corrected chi connectivity index (χ2v) is 3.93. The van der Waals surface area contributed by atoms with Crippen molar-refractivity contribution in [2.24, 2.45) is 5.73 Å². The Morgan fingerprint density at radius 2 is 2.12 bits per heavy atom. The van der Waals surface area contributed by atoms with Gasteiger partial charge in [0.05, 0.1) is 18.2 Å². The van der Waals surface area contributed by atoms with Gasteiger partial charge in [-0.05, 0) is 25.5 Å². The summed E-state index contributed by atoms with van der Waals surface area (Å²) in [6, 6.07) is 8.36. The number of benzene rings is 1. The second kappa shape index (κ2) is 4.94. The van der Waals surface area contributed by atoms with Gasteiger partial charge in [-0.15, -0.1) is 0 Å². The third-order valence-electron chi connectivity index (χ3n) is 2.74. The summed E-state index contributed by atoms with van der Waals surface area (Å²) in [6.45, 7) is 3.77. The van der Waals surface area contributed by atoms with E-state index < -0.39 is 0 Å². The lowest BCUT2D eigenvalue weighted by Gasteiger charge is -2.09. The highest BCUT2D eigenvalue weighted by molar-refractivity contribution is 5.63. The molecule has 1 aromatic heterocycles. The molecule has 2 N–H and O–H groups in total. The number of nitrogens with zero attached hydrogens (tertiary/aromatic N) is 2. The van der Waals surface area contributed by atoms with Crippen LogP contribution in [0.1, 0.15) is 12.0 Å². The monoisotopic (exact) mass is 215 g/mol. The topological polar surface area (TPSA) is 43.8 Å². The third-order valence-corrected chi connectivity index (χ3v) is 2.74. The largest absolute Gasteiger partial charge is 0.331 e. The zero-order valence-corrected chi connectivity index (χ0v) is 9.56. The van der Waals surface area contributed by atoms with Crippen molar-refractivity contribution in [3.05, 3.63) is 42.4 Å². The van der Waals surface area contributed by atoms with Gasteiger partial charge in [-0.1, -0.05) is 24.3 Å². The van der Waals surface area contributed by atoms with Gasteiger partial charge >= 0.3 is 0 Å². The maximum atomic E-state index is 5.53. The van der Waals surface area contributed by atoms with E-state index in [0.717, 1.165) is 13.0 Å². The van der Waals surface area contributed by atoms with E-state index in [-0.39, 0.29) is 0 Å². The van der Waals surface area contributed by atoms with Crippen LogP contribution in [0.2, 0.25) is 0 Å². The summed E-state index contributed by atoms with van der Waals surface area (Å²) in [5.41, 5.74) is 9.22. The van der Waals surface area contributed by atoms with Crippen LogP contribution in [0.25, 0.3) is 11.3 Å². The molecule has 1 heterocycles. The van der Waals surface area contributed by atoms with Crippen LogP contribution in [-0.4, -0.2) is 16.1 Å². The Kier molecular flexibility index (Phi) is 3.37. The molecule has 0 amide bonds. The SMILES string of the molecule is Cc1ccccc1-c1cncn1CCCN. The summed E-state index contributed by atoms with van der Waals surface area (Å²) in [5.74, 6) is 0. The molecular formula is C13H17N3. The first-order chi connectivity index (χ1) is 7.83. The fourth-order valence-electron chi connectivity index (χ4n) is 1.85. The molecule has 0 unspecified atom stereocenters. The number of aryl methyl sites for hydroxylation is 2. The van der Waals surface area contributed by atoms with E-state index in [4.69, 9.17) is 5.73 Å². The second-order valence-electron chi connectivity index (χ2n) is 3.93.